The Kier molecular flexibility index (Phi) is 6.77. The number of hydrogen-bond acceptors (Lipinski definition) is 9. The first-order valence-electron chi connectivity index (χ1n) is 12.4. The first kappa shape index (κ1) is 23.8. The molecule has 2 aliphatic rings. The van der Waals surface area contributed by atoms with Gasteiger partial charge in [0.05, 0.1) is 32.1 Å². The van der Waals surface area contributed by atoms with Crippen LogP contribution in [-0.2, 0) is 17.8 Å². The topological polar surface area (TPSA) is 124 Å². The number of nitrogens with one attached hydrogen (secondary N) is 1. The molecular weight excluding hydrogens is 446 g/mol. The minimum Gasteiger partial charge on any atom is -0.496 e. The lowest BCUT2D eigenvalue weighted by molar-refractivity contribution is -0.223. The zero-order valence-electron chi connectivity index (χ0n) is 20.5. The summed E-state index contributed by atoms with van der Waals surface area (Å²) in [6.07, 6.45) is 5.43. The smallest absolute Gasteiger partial charge is 0.222 e. The van der Waals surface area contributed by atoms with Crippen molar-refractivity contribution < 1.29 is 14.6 Å². The highest BCUT2D eigenvalue weighted by Gasteiger charge is 2.48. The average Bonchev–Trinajstić information content (AvgIpc) is 3.18. The summed E-state index contributed by atoms with van der Waals surface area (Å²) in [6.45, 7) is 6.53. The van der Waals surface area contributed by atoms with Crippen LogP contribution in [0.1, 0.15) is 43.7 Å². The van der Waals surface area contributed by atoms with Crippen molar-refractivity contribution >= 4 is 22.8 Å². The van der Waals surface area contributed by atoms with Crippen molar-refractivity contribution in [3.63, 3.8) is 0 Å². The largest absolute Gasteiger partial charge is 0.496 e. The van der Waals surface area contributed by atoms with Crippen molar-refractivity contribution in [3.05, 3.63) is 35.5 Å². The van der Waals surface area contributed by atoms with Crippen LogP contribution in [0.15, 0.2) is 24.4 Å². The Morgan fingerprint density at radius 3 is 2.77 bits per heavy atom. The zero-order valence-corrected chi connectivity index (χ0v) is 20.5. The lowest BCUT2D eigenvalue weighted by Gasteiger charge is -2.55. The number of anilines is 2. The van der Waals surface area contributed by atoms with Crippen molar-refractivity contribution in [1.82, 2.24) is 24.6 Å². The fourth-order valence-corrected chi connectivity index (χ4v) is 5.18. The predicted molar refractivity (Wildman–Crippen MR) is 134 cm³/mol. The lowest BCUT2D eigenvalue weighted by atomic mass is 9.86. The van der Waals surface area contributed by atoms with E-state index in [-0.39, 0.29) is 24.2 Å². The molecule has 2 saturated heterocycles. The minimum atomic E-state index is 0.0886. The molecule has 1 atom stereocenters. The van der Waals surface area contributed by atoms with E-state index in [4.69, 9.17) is 15.2 Å². The van der Waals surface area contributed by atoms with Crippen molar-refractivity contribution in [2.75, 3.05) is 44.5 Å². The summed E-state index contributed by atoms with van der Waals surface area (Å²) in [5.41, 5.74) is 9.82. The Morgan fingerprint density at radius 2 is 2.09 bits per heavy atom. The molecule has 0 saturated carbocycles. The monoisotopic (exact) mass is 481 g/mol. The highest BCUT2D eigenvalue weighted by molar-refractivity contribution is 5.86. The molecule has 3 aromatic rings. The molecule has 0 aliphatic carbocycles. The fourth-order valence-electron chi connectivity index (χ4n) is 5.18. The summed E-state index contributed by atoms with van der Waals surface area (Å²) >= 11 is 0. The molecule has 10 nitrogen and oxygen atoms in total. The normalized spacial score (nSPS) is 17.8. The molecule has 188 valence electrons. The van der Waals surface area contributed by atoms with E-state index in [1.807, 2.05) is 4.68 Å². The maximum atomic E-state index is 9.48. The van der Waals surface area contributed by atoms with Crippen LogP contribution in [0.2, 0.25) is 0 Å². The summed E-state index contributed by atoms with van der Waals surface area (Å²) in [7, 11) is 1.70. The van der Waals surface area contributed by atoms with Gasteiger partial charge in [0, 0.05) is 44.3 Å². The number of ether oxygens (including phenoxy) is 2. The van der Waals surface area contributed by atoms with Gasteiger partial charge in [0.25, 0.3) is 0 Å². The number of nitrogens with two attached hydrogens (primary N) is 1. The van der Waals surface area contributed by atoms with Crippen molar-refractivity contribution in [2.45, 2.75) is 57.3 Å². The summed E-state index contributed by atoms with van der Waals surface area (Å²) in [5, 5.41) is 17.5. The molecule has 2 fully saturated rings. The van der Waals surface area contributed by atoms with Gasteiger partial charge in [0.2, 0.25) is 5.95 Å². The molecule has 4 heterocycles. The van der Waals surface area contributed by atoms with E-state index >= 15 is 0 Å². The maximum Gasteiger partial charge on any atom is 0.222 e. The number of hydrogen-bond donors (Lipinski definition) is 3. The highest BCUT2D eigenvalue weighted by atomic mass is 16.5. The number of rotatable bonds is 11. The van der Waals surface area contributed by atoms with Crippen molar-refractivity contribution in [3.8, 4) is 5.75 Å². The summed E-state index contributed by atoms with van der Waals surface area (Å²) in [6, 6.07) is 6.46. The van der Waals surface area contributed by atoms with E-state index in [0.29, 0.717) is 24.3 Å². The number of aliphatic hydroxyl groups is 1. The Bertz CT molecular complexity index is 1160. The highest BCUT2D eigenvalue weighted by Crippen LogP contribution is 2.37. The van der Waals surface area contributed by atoms with Crippen LogP contribution < -0.4 is 15.8 Å². The molecule has 0 bridgehead atoms. The average molecular weight is 482 g/mol. The van der Waals surface area contributed by atoms with Crippen LogP contribution in [0.4, 0.5) is 11.8 Å². The van der Waals surface area contributed by atoms with E-state index in [1.54, 1.807) is 13.3 Å². The third kappa shape index (κ3) is 4.91. The van der Waals surface area contributed by atoms with Crippen LogP contribution in [0.5, 0.6) is 5.75 Å². The SMILES string of the molecule is CCC[C@@H](CCO)Nc1nc(N)nc2cnn(Cc3ccc(CN4CC5(CCO5)C4)cc3OC)c12. The summed E-state index contributed by atoms with van der Waals surface area (Å²) < 4.78 is 13.4. The molecule has 0 amide bonds. The molecule has 2 aliphatic heterocycles. The van der Waals surface area contributed by atoms with Crippen LogP contribution >= 0.6 is 0 Å². The molecule has 2 aromatic heterocycles. The van der Waals surface area contributed by atoms with Crippen LogP contribution in [0.3, 0.4) is 0 Å². The first-order valence-corrected chi connectivity index (χ1v) is 12.4. The van der Waals surface area contributed by atoms with Gasteiger partial charge in [-0.3, -0.25) is 9.58 Å². The van der Waals surface area contributed by atoms with Crippen LogP contribution in [0, 0.1) is 0 Å². The van der Waals surface area contributed by atoms with Gasteiger partial charge in [-0.2, -0.15) is 10.1 Å². The Labute approximate surface area is 205 Å². The number of aromatic nitrogens is 4. The van der Waals surface area contributed by atoms with Gasteiger partial charge in [-0.15, -0.1) is 0 Å². The Morgan fingerprint density at radius 1 is 1.26 bits per heavy atom. The van der Waals surface area contributed by atoms with Crippen molar-refractivity contribution in [2.24, 2.45) is 0 Å². The van der Waals surface area contributed by atoms with Gasteiger partial charge < -0.3 is 25.6 Å². The quantitative estimate of drug-likeness (QED) is 0.379. The number of nitrogen functional groups attached to an aromatic ring is 1. The Hall–Kier alpha value is -2.95. The number of nitrogens with zero attached hydrogens (tertiary/aromatic N) is 5. The van der Waals surface area contributed by atoms with Gasteiger partial charge in [0.1, 0.15) is 16.8 Å². The fraction of sp³-hybridized carbons (Fsp3) is 0.560. The summed E-state index contributed by atoms with van der Waals surface area (Å²) in [5.74, 6) is 1.66. The lowest BCUT2D eigenvalue weighted by Crippen LogP contribution is -2.67. The second kappa shape index (κ2) is 9.96. The van der Waals surface area contributed by atoms with E-state index in [9.17, 15) is 5.11 Å². The van der Waals surface area contributed by atoms with Crippen molar-refractivity contribution in [1.29, 1.82) is 0 Å². The molecule has 10 heteroatoms. The summed E-state index contributed by atoms with van der Waals surface area (Å²) in [4.78, 5) is 11.3. The second-order valence-electron chi connectivity index (χ2n) is 9.68. The first-order chi connectivity index (χ1) is 17.0. The van der Waals surface area contributed by atoms with Gasteiger partial charge in [0.15, 0.2) is 5.82 Å². The zero-order chi connectivity index (χ0) is 24.4. The maximum absolute atomic E-state index is 9.48. The minimum absolute atomic E-state index is 0.0886. The molecule has 35 heavy (non-hydrogen) atoms. The van der Waals surface area contributed by atoms with E-state index < -0.39 is 0 Å². The number of methoxy groups -OCH3 is 1. The molecule has 1 spiro atoms. The number of fused-ring (bicyclic) bond motifs is 1. The standard InChI is InChI=1S/C25H35N7O3/c1-3-4-19(7-9-33)28-23-22-20(29-24(26)30-23)12-27-32(22)14-18-6-5-17(11-21(18)34-2)13-31-15-25(16-31)8-10-35-25/h5-6,11-12,19,33H,3-4,7-10,13-16H2,1-2H3,(H3,26,28,29,30)/t19-/m0/s1. The van der Waals surface area contributed by atoms with Crippen LogP contribution in [-0.4, -0.2) is 74.8 Å². The van der Waals surface area contributed by atoms with Gasteiger partial charge >= 0.3 is 0 Å². The van der Waals surface area contributed by atoms with Crippen LogP contribution in [0.25, 0.3) is 11.0 Å². The van der Waals surface area contributed by atoms with E-state index in [1.165, 1.54) is 12.0 Å². The predicted octanol–water partition coefficient (Wildman–Crippen LogP) is 2.40. The molecule has 0 unspecified atom stereocenters. The second-order valence-corrected chi connectivity index (χ2v) is 9.68. The molecule has 4 N–H and O–H groups in total. The van der Waals surface area contributed by atoms with Gasteiger partial charge in [-0.25, -0.2) is 4.98 Å². The van der Waals surface area contributed by atoms with Gasteiger partial charge in [-0.05, 0) is 24.5 Å². The number of benzene rings is 1. The molecular formula is C25H35N7O3. The third-order valence-corrected chi connectivity index (χ3v) is 7.03. The third-order valence-electron chi connectivity index (χ3n) is 7.03. The number of aliphatic hydroxyl groups excluding tert-OH is 1. The molecule has 0 radical (unpaired) electrons. The van der Waals surface area contributed by atoms with E-state index in [2.05, 4.69) is 50.4 Å². The number of likely N-dealkylation sites (tertiary alicyclic amines) is 1. The molecule has 1 aromatic carbocycles. The van der Waals surface area contributed by atoms with E-state index in [0.717, 1.165) is 55.9 Å². The molecule has 5 rings (SSSR count). The Balaban J connectivity index is 1.36. The van der Waals surface area contributed by atoms with Gasteiger partial charge in [-0.1, -0.05) is 25.5 Å².